The third kappa shape index (κ3) is 2.47. The van der Waals surface area contributed by atoms with E-state index in [9.17, 15) is 4.79 Å². The van der Waals surface area contributed by atoms with Crippen LogP contribution in [0.2, 0.25) is 0 Å². The van der Waals surface area contributed by atoms with Gasteiger partial charge in [-0.05, 0) is 16.5 Å². The number of methoxy groups -OCH3 is 1. The topological polar surface area (TPSA) is 50.1 Å². The fraction of sp³-hybridized carbons (Fsp3) is 0.143. The van der Waals surface area contributed by atoms with Gasteiger partial charge in [0.05, 0.1) is 7.11 Å². The van der Waals surface area contributed by atoms with Gasteiger partial charge >= 0.3 is 5.97 Å². The van der Waals surface area contributed by atoms with Crippen LogP contribution in [0.5, 0.6) is 0 Å². The van der Waals surface area contributed by atoms with Crippen LogP contribution < -0.4 is 0 Å². The number of esters is 1. The summed E-state index contributed by atoms with van der Waals surface area (Å²) in [6.45, 7) is 0. The van der Waals surface area contributed by atoms with Crippen molar-refractivity contribution in [1.29, 1.82) is 5.26 Å². The van der Waals surface area contributed by atoms with Crippen LogP contribution in [0.1, 0.15) is 12.0 Å². The molecule has 1 heterocycles. The molecule has 0 spiro atoms. The molecule has 4 heteroatoms. The lowest BCUT2D eigenvalue weighted by atomic mass is 10.0. The SMILES string of the molecule is COC(=O)/C(C#N)=C1/CC(c2ccccc2)=CS1. The zero-order chi connectivity index (χ0) is 13.0. The number of rotatable bonds is 2. The minimum atomic E-state index is -0.567. The summed E-state index contributed by atoms with van der Waals surface area (Å²) in [7, 11) is 1.28. The third-order valence-electron chi connectivity index (χ3n) is 2.62. The maximum absolute atomic E-state index is 11.4. The number of hydrogen-bond acceptors (Lipinski definition) is 4. The van der Waals surface area contributed by atoms with Gasteiger partial charge in [-0.1, -0.05) is 30.3 Å². The average molecular weight is 257 g/mol. The molecule has 1 aliphatic rings. The highest BCUT2D eigenvalue weighted by Crippen LogP contribution is 2.40. The Kier molecular flexibility index (Phi) is 3.85. The molecule has 0 N–H and O–H groups in total. The van der Waals surface area contributed by atoms with E-state index in [4.69, 9.17) is 5.26 Å². The Bertz CT molecular complexity index is 567. The van der Waals surface area contributed by atoms with Crippen LogP contribution in [0, 0.1) is 11.3 Å². The number of benzene rings is 1. The van der Waals surface area contributed by atoms with E-state index in [1.54, 1.807) is 0 Å². The van der Waals surface area contributed by atoms with E-state index in [1.165, 1.54) is 18.9 Å². The maximum Gasteiger partial charge on any atom is 0.349 e. The molecule has 0 unspecified atom stereocenters. The van der Waals surface area contributed by atoms with Crippen LogP contribution >= 0.6 is 11.8 Å². The van der Waals surface area contributed by atoms with Gasteiger partial charge in [-0.25, -0.2) is 4.79 Å². The smallest absolute Gasteiger partial charge is 0.349 e. The van der Waals surface area contributed by atoms with E-state index in [2.05, 4.69) is 4.74 Å². The van der Waals surface area contributed by atoms with Gasteiger partial charge in [-0.2, -0.15) is 5.26 Å². The number of allylic oxidation sites excluding steroid dienone is 2. The summed E-state index contributed by atoms with van der Waals surface area (Å²) in [6, 6.07) is 11.8. The third-order valence-corrected chi connectivity index (χ3v) is 3.65. The standard InChI is InChI=1S/C14H11NO2S/c1-17-14(16)12(8-15)13-7-11(9-18-13)10-5-3-2-4-6-10/h2-6,9H,7H2,1H3/b13-12-. The second kappa shape index (κ2) is 5.56. The zero-order valence-corrected chi connectivity index (χ0v) is 10.7. The molecule has 0 atom stereocenters. The summed E-state index contributed by atoms with van der Waals surface area (Å²) in [5.74, 6) is -0.567. The number of hydrogen-bond donors (Lipinski definition) is 0. The van der Waals surface area contributed by atoms with Gasteiger partial charge in [-0.3, -0.25) is 0 Å². The Hall–Kier alpha value is -1.99. The highest BCUT2D eigenvalue weighted by molar-refractivity contribution is 8.06. The predicted molar refractivity (Wildman–Crippen MR) is 71.3 cm³/mol. The van der Waals surface area contributed by atoms with Gasteiger partial charge in [0.25, 0.3) is 0 Å². The first-order valence-electron chi connectivity index (χ1n) is 5.39. The Morgan fingerprint density at radius 2 is 2.11 bits per heavy atom. The van der Waals surface area contributed by atoms with Crippen molar-refractivity contribution in [3.05, 3.63) is 51.8 Å². The van der Waals surface area contributed by atoms with Crippen molar-refractivity contribution in [2.45, 2.75) is 6.42 Å². The number of thioether (sulfide) groups is 1. The quantitative estimate of drug-likeness (QED) is 0.464. The molecule has 0 amide bonds. The average Bonchev–Trinajstić information content (AvgIpc) is 2.90. The summed E-state index contributed by atoms with van der Waals surface area (Å²) in [5.41, 5.74) is 2.33. The molecule has 18 heavy (non-hydrogen) atoms. The molecule has 0 fully saturated rings. The van der Waals surface area contributed by atoms with Gasteiger partial charge in [0, 0.05) is 11.3 Å². The minimum Gasteiger partial charge on any atom is -0.465 e. The van der Waals surface area contributed by atoms with Crippen molar-refractivity contribution < 1.29 is 9.53 Å². The summed E-state index contributed by atoms with van der Waals surface area (Å²) in [6.07, 6.45) is 0.604. The first-order valence-corrected chi connectivity index (χ1v) is 6.27. The minimum absolute atomic E-state index is 0.102. The van der Waals surface area contributed by atoms with Gasteiger partial charge in [0.1, 0.15) is 11.6 Å². The van der Waals surface area contributed by atoms with E-state index in [0.29, 0.717) is 6.42 Å². The van der Waals surface area contributed by atoms with Crippen molar-refractivity contribution in [2.24, 2.45) is 0 Å². The first-order chi connectivity index (χ1) is 8.76. The molecule has 90 valence electrons. The number of nitriles is 1. The Morgan fingerprint density at radius 1 is 1.39 bits per heavy atom. The Balaban J connectivity index is 2.24. The first kappa shape index (κ1) is 12.5. The normalized spacial score (nSPS) is 16.8. The van der Waals surface area contributed by atoms with E-state index < -0.39 is 5.97 Å². The van der Waals surface area contributed by atoms with Gasteiger partial charge < -0.3 is 4.74 Å². The fourth-order valence-corrected chi connectivity index (χ4v) is 2.68. The number of carbonyl (C=O) groups excluding carboxylic acids is 1. The molecular formula is C14H11NO2S. The maximum atomic E-state index is 11.4. The van der Waals surface area contributed by atoms with Crippen molar-refractivity contribution in [3.8, 4) is 6.07 Å². The molecular weight excluding hydrogens is 246 g/mol. The highest BCUT2D eigenvalue weighted by atomic mass is 32.2. The number of ether oxygens (including phenoxy) is 1. The van der Waals surface area contributed by atoms with Crippen LogP contribution in [0.4, 0.5) is 0 Å². The van der Waals surface area contributed by atoms with E-state index in [1.807, 2.05) is 41.8 Å². The molecule has 0 aliphatic carbocycles. The van der Waals surface area contributed by atoms with Crippen molar-refractivity contribution >= 4 is 23.3 Å². The zero-order valence-electron chi connectivity index (χ0n) is 9.84. The monoisotopic (exact) mass is 257 g/mol. The molecule has 2 rings (SSSR count). The molecule has 3 nitrogen and oxygen atoms in total. The van der Waals surface area contributed by atoms with Gasteiger partial charge in [-0.15, -0.1) is 11.8 Å². The van der Waals surface area contributed by atoms with Crippen molar-refractivity contribution in [2.75, 3.05) is 7.11 Å². The molecule has 1 aliphatic heterocycles. The number of nitrogens with zero attached hydrogens (tertiary/aromatic N) is 1. The summed E-state index contributed by atoms with van der Waals surface area (Å²) in [5, 5.41) is 11.0. The highest BCUT2D eigenvalue weighted by Gasteiger charge is 2.21. The molecule has 0 saturated heterocycles. The lowest BCUT2D eigenvalue weighted by molar-refractivity contribution is -0.135. The molecule has 0 bridgehead atoms. The second-order valence-corrected chi connectivity index (χ2v) is 4.67. The lowest BCUT2D eigenvalue weighted by Gasteiger charge is -2.03. The van der Waals surface area contributed by atoms with E-state index >= 15 is 0 Å². The molecule has 0 aromatic heterocycles. The van der Waals surface area contributed by atoms with E-state index in [-0.39, 0.29) is 5.57 Å². The van der Waals surface area contributed by atoms with Crippen LogP contribution in [-0.2, 0) is 9.53 Å². The second-order valence-electron chi connectivity index (χ2n) is 3.71. The predicted octanol–water partition coefficient (Wildman–Crippen LogP) is 3.12. The molecule has 1 aromatic carbocycles. The van der Waals surface area contributed by atoms with Crippen LogP contribution in [0.3, 0.4) is 0 Å². The number of carbonyl (C=O) groups is 1. The molecule has 1 aromatic rings. The van der Waals surface area contributed by atoms with Crippen LogP contribution in [-0.4, -0.2) is 13.1 Å². The summed E-state index contributed by atoms with van der Waals surface area (Å²) < 4.78 is 4.60. The van der Waals surface area contributed by atoms with Crippen molar-refractivity contribution in [3.63, 3.8) is 0 Å². The summed E-state index contributed by atoms with van der Waals surface area (Å²) >= 11 is 1.42. The molecule has 0 saturated carbocycles. The van der Waals surface area contributed by atoms with Crippen LogP contribution in [0.15, 0.2) is 46.2 Å². The lowest BCUT2D eigenvalue weighted by Crippen LogP contribution is -2.04. The largest absolute Gasteiger partial charge is 0.465 e. The van der Waals surface area contributed by atoms with Crippen molar-refractivity contribution in [1.82, 2.24) is 0 Å². The fourth-order valence-electron chi connectivity index (χ4n) is 1.69. The van der Waals surface area contributed by atoms with Crippen LogP contribution in [0.25, 0.3) is 5.57 Å². The summed E-state index contributed by atoms with van der Waals surface area (Å²) in [4.78, 5) is 12.2. The Labute approximate surface area is 110 Å². The van der Waals surface area contributed by atoms with Gasteiger partial charge in [0.2, 0.25) is 0 Å². The van der Waals surface area contributed by atoms with Gasteiger partial charge in [0.15, 0.2) is 0 Å². The van der Waals surface area contributed by atoms with E-state index in [0.717, 1.165) is 16.0 Å². The molecule has 0 radical (unpaired) electrons. The Morgan fingerprint density at radius 3 is 2.72 bits per heavy atom.